The first-order valence-electron chi connectivity index (χ1n) is 5.20. The molecule has 1 aliphatic heterocycles. The maximum Gasteiger partial charge on any atom is 0.216 e. The predicted octanol–water partition coefficient (Wildman–Crippen LogP) is 0.0666. The summed E-state index contributed by atoms with van der Waals surface area (Å²) in [6, 6.07) is 0.0350. The molecule has 1 rings (SSSR count). The van der Waals surface area contributed by atoms with E-state index < -0.39 is 10.0 Å². The fraction of sp³-hybridized carbons (Fsp3) is 1.00. The summed E-state index contributed by atoms with van der Waals surface area (Å²) in [6.07, 6.45) is -0.253. The van der Waals surface area contributed by atoms with Crippen molar-refractivity contribution < 1.29 is 13.2 Å². The Hall–Kier alpha value is 0.120. The van der Waals surface area contributed by atoms with E-state index in [9.17, 15) is 8.42 Å². The minimum absolute atomic E-state index is 0. The second-order valence-electron chi connectivity index (χ2n) is 3.99. The highest BCUT2D eigenvalue weighted by atomic mass is 35.5. The van der Waals surface area contributed by atoms with Crippen molar-refractivity contribution >= 4 is 22.4 Å². The van der Waals surface area contributed by atoms with E-state index in [1.807, 2.05) is 6.92 Å². The summed E-state index contributed by atoms with van der Waals surface area (Å²) < 4.78 is 30.5. The van der Waals surface area contributed by atoms with Gasteiger partial charge in [-0.1, -0.05) is 0 Å². The SMILES string of the molecule is COC(C)CS(=O)(=O)N1CCNCC1C.Cl. The summed E-state index contributed by atoms with van der Waals surface area (Å²) in [7, 11) is -1.65. The number of piperazine rings is 1. The van der Waals surface area contributed by atoms with Crippen molar-refractivity contribution in [2.24, 2.45) is 0 Å². The summed E-state index contributed by atoms with van der Waals surface area (Å²) in [6.45, 7) is 5.69. The van der Waals surface area contributed by atoms with Crippen molar-refractivity contribution in [3.63, 3.8) is 0 Å². The van der Waals surface area contributed by atoms with Gasteiger partial charge in [0.05, 0.1) is 11.9 Å². The van der Waals surface area contributed by atoms with Gasteiger partial charge >= 0.3 is 0 Å². The minimum Gasteiger partial charge on any atom is -0.381 e. The lowest BCUT2D eigenvalue weighted by Crippen LogP contribution is -2.53. The molecule has 2 unspecified atom stereocenters. The van der Waals surface area contributed by atoms with E-state index in [0.29, 0.717) is 6.54 Å². The van der Waals surface area contributed by atoms with Gasteiger partial charge < -0.3 is 10.1 Å². The Bertz CT molecular complexity index is 297. The summed E-state index contributed by atoms with van der Waals surface area (Å²) in [5, 5.41) is 3.17. The van der Waals surface area contributed by atoms with Crippen LogP contribution in [0.5, 0.6) is 0 Å². The van der Waals surface area contributed by atoms with Gasteiger partial charge in [0.25, 0.3) is 0 Å². The molecule has 0 aliphatic carbocycles. The Kier molecular flexibility index (Phi) is 6.81. The summed E-state index contributed by atoms with van der Waals surface area (Å²) >= 11 is 0. The molecule has 0 radical (unpaired) electrons. The van der Waals surface area contributed by atoms with Crippen LogP contribution in [0.25, 0.3) is 0 Å². The predicted molar refractivity (Wildman–Crippen MR) is 66.5 cm³/mol. The maximum atomic E-state index is 12.0. The highest BCUT2D eigenvalue weighted by molar-refractivity contribution is 7.89. The number of nitrogens with one attached hydrogen (secondary N) is 1. The third kappa shape index (κ3) is 4.18. The minimum atomic E-state index is -3.18. The van der Waals surface area contributed by atoms with Crippen molar-refractivity contribution in [2.45, 2.75) is 26.0 Å². The molecule has 0 aromatic heterocycles. The van der Waals surface area contributed by atoms with Gasteiger partial charge in [0.15, 0.2) is 0 Å². The van der Waals surface area contributed by atoms with E-state index >= 15 is 0 Å². The average molecular weight is 273 g/mol. The molecule has 0 amide bonds. The zero-order valence-electron chi connectivity index (χ0n) is 9.97. The van der Waals surface area contributed by atoms with Crippen LogP contribution in [0.3, 0.4) is 0 Å². The highest BCUT2D eigenvalue weighted by Gasteiger charge is 2.30. The molecule has 1 saturated heterocycles. The Morgan fingerprint density at radius 3 is 2.69 bits per heavy atom. The lowest BCUT2D eigenvalue weighted by Gasteiger charge is -2.33. The van der Waals surface area contributed by atoms with Crippen LogP contribution >= 0.6 is 12.4 Å². The molecule has 1 aliphatic rings. The molecule has 0 aromatic rings. The summed E-state index contributed by atoms with van der Waals surface area (Å²) in [5.41, 5.74) is 0. The molecule has 16 heavy (non-hydrogen) atoms. The molecule has 2 atom stereocenters. The molecule has 0 aromatic carbocycles. The number of halogens is 1. The lowest BCUT2D eigenvalue weighted by molar-refractivity contribution is 0.134. The van der Waals surface area contributed by atoms with E-state index in [4.69, 9.17) is 4.74 Å². The number of methoxy groups -OCH3 is 1. The number of ether oxygens (including phenoxy) is 1. The number of sulfonamides is 1. The number of nitrogens with zero attached hydrogens (tertiary/aromatic N) is 1. The van der Waals surface area contributed by atoms with Crippen LogP contribution < -0.4 is 5.32 Å². The van der Waals surface area contributed by atoms with Crippen LogP contribution in [0.2, 0.25) is 0 Å². The number of rotatable bonds is 4. The van der Waals surface area contributed by atoms with Crippen molar-refractivity contribution in [2.75, 3.05) is 32.5 Å². The fourth-order valence-electron chi connectivity index (χ4n) is 1.70. The fourth-order valence-corrected chi connectivity index (χ4v) is 3.61. The molecule has 0 saturated carbocycles. The highest BCUT2D eigenvalue weighted by Crippen LogP contribution is 2.11. The van der Waals surface area contributed by atoms with Crippen molar-refractivity contribution in [1.29, 1.82) is 0 Å². The van der Waals surface area contributed by atoms with Gasteiger partial charge in [-0.05, 0) is 13.8 Å². The Labute approximate surface area is 104 Å². The van der Waals surface area contributed by atoms with Crippen molar-refractivity contribution in [3.8, 4) is 0 Å². The van der Waals surface area contributed by atoms with Gasteiger partial charge in [0, 0.05) is 32.8 Å². The van der Waals surface area contributed by atoms with E-state index in [1.54, 1.807) is 11.2 Å². The van der Waals surface area contributed by atoms with Crippen LogP contribution in [0, 0.1) is 0 Å². The monoisotopic (exact) mass is 272 g/mol. The van der Waals surface area contributed by atoms with E-state index in [-0.39, 0.29) is 30.3 Å². The Balaban J connectivity index is 0.00000225. The normalized spacial score (nSPS) is 24.8. The van der Waals surface area contributed by atoms with E-state index in [2.05, 4.69) is 5.32 Å². The number of hydrogen-bond donors (Lipinski definition) is 1. The van der Waals surface area contributed by atoms with Crippen LogP contribution in [0.4, 0.5) is 0 Å². The first-order chi connectivity index (χ1) is 6.97. The van der Waals surface area contributed by atoms with Crippen molar-refractivity contribution in [1.82, 2.24) is 9.62 Å². The van der Waals surface area contributed by atoms with Crippen LogP contribution in [-0.4, -0.2) is 57.4 Å². The van der Waals surface area contributed by atoms with Gasteiger partial charge in [0.2, 0.25) is 10.0 Å². The Morgan fingerprint density at radius 2 is 2.19 bits per heavy atom. The van der Waals surface area contributed by atoms with Gasteiger partial charge in [-0.2, -0.15) is 4.31 Å². The molecular formula is C9H21ClN2O3S. The van der Waals surface area contributed by atoms with Crippen molar-refractivity contribution in [3.05, 3.63) is 0 Å². The van der Waals surface area contributed by atoms with Gasteiger partial charge in [-0.25, -0.2) is 8.42 Å². The van der Waals surface area contributed by atoms with Gasteiger partial charge in [0.1, 0.15) is 0 Å². The summed E-state index contributed by atoms with van der Waals surface area (Å²) in [4.78, 5) is 0. The van der Waals surface area contributed by atoms with Gasteiger partial charge in [-0.15, -0.1) is 12.4 Å². The third-order valence-electron chi connectivity index (χ3n) is 2.65. The second kappa shape index (κ2) is 6.76. The second-order valence-corrected chi connectivity index (χ2v) is 5.95. The topological polar surface area (TPSA) is 58.6 Å². The zero-order valence-corrected chi connectivity index (χ0v) is 11.6. The molecule has 1 fully saturated rings. The maximum absolute atomic E-state index is 12.0. The average Bonchev–Trinajstić information content (AvgIpc) is 2.17. The molecule has 7 heteroatoms. The van der Waals surface area contributed by atoms with Crippen LogP contribution in [-0.2, 0) is 14.8 Å². The van der Waals surface area contributed by atoms with Gasteiger partial charge in [-0.3, -0.25) is 0 Å². The smallest absolute Gasteiger partial charge is 0.216 e. The van der Waals surface area contributed by atoms with Crippen LogP contribution in [0.1, 0.15) is 13.8 Å². The molecular weight excluding hydrogens is 252 g/mol. The first kappa shape index (κ1) is 16.1. The number of hydrogen-bond acceptors (Lipinski definition) is 4. The molecule has 5 nitrogen and oxygen atoms in total. The largest absolute Gasteiger partial charge is 0.381 e. The zero-order chi connectivity index (χ0) is 11.5. The molecule has 0 bridgehead atoms. The van der Waals surface area contributed by atoms with E-state index in [0.717, 1.165) is 13.1 Å². The molecule has 98 valence electrons. The summed E-state index contributed by atoms with van der Waals surface area (Å²) in [5.74, 6) is 0.0633. The lowest BCUT2D eigenvalue weighted by atomic mass is 10.3. The Morgan fingerprint density at radius 1 is 1.56 bits per heavy atom. The molecule has 1 heterocycles. The standard InChI is InChI=1S/C9H20N2O3S.ClH/c1-8-6-10-4-5-11(8)15(12,13)7-9(2)14-3;/h8-10H,4-7H2,1-3H3;1H. The first-order valence-corrected chi connectivity index (χ1v) is 6.81. The molecule has 0 spiro atoms. The van der Waals surface area contributed by atoms with E-state index in [1.165, 1.54) is 7.11 Å². The quantitative estimate of drug-likeness (QED) is 0.787. The third-order valence-corrected chi connectivity index (χ3v) is 4.79. The molecule has 1 N–H and O–H groups in total. The van der Waals surface area contributed by atoms with Crippen LogP contribution in [0.15, 0.2) is 0 Å².